The number of hydrogen-bond acceptors (Lipinski definition) is 4. The van der Waals surface area contributed by atoms with Crippen molar-refractivity contribution in [2.45, 2.75) is 52.6 Å². The van der Waals surface area contributed by atoms with E-state index in [0.717, 1.165) is 47.0 Å². The molecule has 0 saturated carbocycles. The number of benzene rings is 1. The Hall–Kier alpha value is -2.82. The molecule has 3 aromatic rings. The van der Waals surface area contributed by atoms with E-state index in [9.17, 15) is 4.79 Å². The molecule has 27 heavy (non-hydrogen) atoms. The lowest BCUT2D eigenvalue weighted by Crippen LogP contribution is -2.26. The number of aromatic nitrogens is 2. The fourth-order valence-electron chi connectivity index (χ4n) is 4.00. The van der Waals surface area contributed by atoms with Crippen LogP contribution < -0.4 is 5.73 Å². The smallest absolute Gasteiger partial charge is 0.420 e. The highest BCUT2D eigenvalue weighted by molar-refractivity contribution is 6.00. The number of nitrogens with two attached hydrogens (primary N) is 1. The minimum atomic E-state index is -0.563. The summed E-state index contributed by atoms with van der Waals surface area (Å²) >= 11 is 0. The van der Waals surface area contributed by atoms with E-state index in [0.29, 0.717) is 5.65 Å². The normalized spacial score (nSPS) is 13.8. The number of fused-ring (bicyclic) bond motifs is 2. The number of carbonyl (C=O) groups is 1. The first-order valence-electron chi connectivity index (χ1n) is 9.37. The van der Waals surface area contributed by atoms with Gasteiger partial charge in [0, 0.05) is 29.0 Å². The zero-order valence-electron chi connectivity index (χ0n) is 16.3. The zero-order valence-corrected chi connectivity index (χ0v) is 16.3. The molecule has 0 bridgehead atoms. The maximum absolute atomic E-state index is 12.5. The fourth-order valence-corrected chi connectivity index (χ4v) is 4.00. The van der Waals surface area contributed by atoms with E-state index in [1.807, 2.05) is 32.9 Å². The van der Waals surface area contributed by atoms with E-state index in [2.05, 4.69) is 18.0 Å². The largest absolute Gasteiger partial charge is 0.443 e. The number of nitrogens with zero attached hydrogens (tertiary/aromatic N) is 2. The van der Waals surface area contributed by atoms with Gasteiger partial charge < -0.3 is 10.5 Å². The van der Waals surface area contributed by atoms with Crippen LogP contribution in [0.25, 0.3) is 22.2 Å². The number of anilines is 1. The van der Waals surface area contributed by atoms with Gasteiger partial charge in [-0.3, -0.25) is 0 Å². The van der Waals surface area contributed by atoms with Crippen LogP contribution in [-0.2, 0) is 17.6 Å². The topological polar surface area (TPSA) is 70.1 Å². The van der Waals surface area contributed by atoms with E-state index in [-0.39, 0.29) is 0 Å². The molecule has 140 valence electrons. The fraction of sp³-hybridized carbons (Fsp3) is 0.364. The van der Waals surface area contributed by atoms with E-state index >= 15 is 0 Å². The van der Waals surface area contributed by atoms with Gasteiger partial charge in [0.1, 0.15) is 11.2 Å². The predicted octanol–water partition coefficient (Wildman–Crippen LogP) is 4.87. The standard InChI is InChI=1S/C22H25N3O2/c1-13-12-14-6-5-7-15(14)19(23)18(13)16-8-10-24-20-17(16)9-11-25(20)21(26)27-22(2,3)4/h8-12H,5-7,23H2,1-4H3. The average molecular weight is 363 g/mol. The molecule has 0 spiro atoms. The van der Waals surface area contributed by atoms with Crippen molar-refractivity contribution in [2.24, 2.45) is 0 Å². The number of pyridine rings is 1. The summed E-state index contributed by atoms with van der Waals surface area (Å²) in [6, 6.07) is 6.14. The van der Waals surface area contributed by atoms with E-state index < -0.39 is 11.7 Å². The van der Waals surface area contributed by atoms with Crippen molar-refractivity contribution in [3.63, 3.8) is 0 Å². The Kier molecular flexibility index (Phi) is 3.98. The summed E-state index contributed by atoms with van der Waals surface area (Å²) in [7, 11) is 0. The summed E-state index contributed by atoms with van der Waals surface area (Å²) in [5, 5.41) is 0.899. The van der Waals surface area contributed by atoms with Gasteiger partial charge in [-0.05, 0) is 81.3 Å². The quantitative estimate of drug-likeness (QED) is 0.627. The minimum Gasteiger partial charge on any atom is -0.443 e. The van der Waals surface area contributed by atoms with Crippen molar-refractivity contribution >= 4 is 22.8 Å². The Morgan fingerprint density at radius 3 is 2.78 bits per heavy atom. The van der Waals surface area contributed by atoms with Crippen LogP contribution in [-0.4, -0.2) is 21.2 Å². The molecule has 1 aromatic carbocycles. The second-order valence-electron chi connectivity index (χ2n) is 8.24. The summed E-state index contributed by atoms with van der Waals surface area (Å²) in [4.78, 5) is 17.0. The third-order valence-corrected chi connectivity index (χ3v) is 5.09. The Balaban J connectivity index is 1.87. The molecule has 1 aliphatic rings. The highest BCUT2D eigenvalue weighted by Gasteiger charge is 2.23. The number of ether oxygens (including phenoxy) is 1. The Morgan fingerprint density at radius 1 is 1.26 bits per heavy atom. The molecule has 0 unspecified atom stereocenters. The first-order valence-corrected chi connectivity index (χ1v) is 9.37. The third kappa shape index (κ3) is 2.97. The molecule has 2 heterocycles. The Labute approximate surface area is 159 Å². The summed E-state index contributed by atoms with van der Waals surface area (Å²) in [6.45, 7) is 7.65. The predicted molar refractivity (Wildman–Crippen MR) is 108 cm³/mol. The van der Waals surface area contributed by atoms with Crippen molar-refractivity contribution in [3.8, 4) is 11.1 Å². The van der Waals surface area contributed by atoms with Crippen LogP contribution in [0.15, 0.2) is 30.6 Å². The van der Waals surface area contributed by atoms with Crippen molar-refractivity contribution in [1.82, 2.24) is 9.55 Å². The molecule has 2 aromatic heterocycles. The lowest BCUT2D eigenvalue weighted by Gasteiger charge is -2.19. The summed E-state index contributed by atoms with van der Waals surface area (Å²) in [5.74, 6) is 0. The highest BCUT2D eigenvalue weighted by atomic mass is 16.6. The van der Waals surface area contributed by atoms with Crippen LogP contribution in [0.2, 0.25) is 0 Å². The maximum Gasteiger partial charge on any atom is 0.420 e. The number of aryl methyl sites for hydroxylation is 2. The van der Waals surface area contributed by atoms with Gasteiger partial charge in [0.05, 0.1) is 0 Å². The van der Waals surface area contributed by atoms with Crippen molar-refractivity contribution in [2.75, 3.05) is 5.73 Å². The number of carbonyl (C=O) groups excluding carboxylic acids is 1. The molecule has 0 aliphatic heterocycles. The molecule has 4 rings (SSSR count). The van der Waals surface area contributed by atoms with Crippen molar-refractivity contribution in [3.05, 3.63) is 47.3 Å². The van der Waals surface area contributed by atoms with E-state index in [1.54, 1.807) is 12.4 Å². The molecule has 0 amide bonds. The Bertz CT molecular complexity index is 1060. The van der Waals surface area contributed by atoms with Gasteiger partial charge in [-0.1, -0.05) is 6.07 Å². The molecule has 5 heteroatoms. The van der Waals surface area contributed by atoms with Crippen LogP contribution in [0.3, 0.4) is 0 Å². The van der Waals surface area contributed by atoms with Gasteiger partial charge in [-0.2, -0.15) is 0 Å². The van der Waals surface area contributed by atoms with Crippen LogP contribution in [0.5, 0.6) is 0 Å². The molecular formula is C22H25N3O2. The number of hydrogen-bond donors (Lipinski definition) is 1. The van der Waals surface area contributed by atoms with Crippen LogP contribution in [0, 0.1) is 6.92 Å². The molecule has 0 atom stereocenters. The van der Waals surface area contributed by atoms with Gasteiger partial charge in [-0.15, -0.1) is 0 Å². The van der Waals surface area contributed by atoms with Crippen LogP contribution >= 0.6 is 0 Å². The monoisotopic (exact) mass is 363 g/mol. The third-order valence-electron chi connectivity index (χ3n) is 5.09. The Morgan fingerprint density at radius 2 is 2.04 bits per heavy atom. The molecule has 5 nitrogen and oxygen atoms in total. The first-order chi connectivity index (χ1) is 12.8. The van der Waals surface area contributed by atoms with Gasteiger partial charge in [0.2, 0.25) is 0 Å². The van der Waals surface area contributed by atoms with Crippen molar-refractivity contribution in [1.29, 1.82) is 0 Å². The molecule has 2 N–H and O–H groups in total. The zero-order chi connectivity index (χ0) is 19.3. The van der Waals surface area contributed by atoms with Crippen LogP contribution in [0.4, 0.5) is 10.5 Å². The lowest BCUT2D eigenvalue weighted by molar-refractivity contribution is 0.0543. The maximum atomic E-state index is 12.5. The number of nitrogen functional groups attached to an aromatic ring is 1. The SMILES string of the molecule is Cc1cc2c(c(N)c1-c1ccnc3c1ccn3C(=O)OC(C)(C)C)CCC2. The van der Waals surface area contributed by atoms with Crippen molar-refractivity contribution < 1.29 is 9.53 Å². The summed E-state index contributed by atoms with van der Waals surface area (Å²) in [6.07, 6.45) is 6.30. The first kappa shape index (κ1) is 17.6. The summed E-state index contributed by atoms with van der Waals surface area (Å²) in [5.41, 5.74) is 13.3. The van der Waals surface area contributed by atoms with E-state index in [4.69, 9.17) is 10.5 Å². The lowest BCUT2D eigenvalue weighted by atomic mass is 9.92. The number of rotatable bonds is 1. The summed E-state index contributed by atoms with van der Waals surface area (Å²) < 4.78 is 6.96. The van der Waals surface area contributed by atoms with Gasteiger partial charge in [0.25, 0.3) is 0 Å². The molecular weight excluding hydrogens is 338 g/mol. The molecule has 1 aliphatic carbocycles. The van der Waals surface area contributed by atoms with Gasteiger partial charge in [-0.25, -0.2) is 14.3 Å². The minimum absolute atomic E-state index is 0.430. The van der Waals surface area contributed by atoms with Crippen LogP contribution in [0.1, 0.15) is 43.9 Å². The van der Waals surface area contributed by atoms with Gasteiger partial charge in [0.15, 0.2) is 0 Å². The average Bonchev–Trinajstić information content (AvgIpc) is 3.20. The molecule has 0 radical (unpaired) electrons. The molecule has 0 saturated heterocycles. The molecule has 0 fully saturated rings. The van der Waals surface area contributed by atoms with Gasteiger partial charge >= 0.3 is 6.09 Å². The second kappa shape index (κ2) is 6.12. The van der Waals surface area contributed by atoms with E-state index in [1.165, 1.54) is 15.7 Å². The highest BCUT2D eigenvalue weighted by Crippen LogP contribution is 2.40. The second-order valence-corrected chi connectivity index (χ2v) is 8.24.